The third-order valence-electron chi connectivity index (χ3n) is 3.36. The number of benzene rings is 1. The number of hydrogen-bond acceptors (Lipinski definition) is 6. The summed E-state index contributed by atoms with van der Waals surface area (Å²) in [5.41, 5.74) is 2.31. The standard InChI is InChI=1S/C17H19NO5/c1-11-14(12(2)23-18-11)10-22-17(19)8-6-13-5-7-15(20-3)16(9-13)21-4/h5-9H,10H2,1-4H3/b8-6+. The highest BCUT2D eigenvalue weighted by Crippen LogP contribution is 2.27. The molecule has 2 aromatic rings. The summed E-state index contributed by atoms with van der Waals surface area (Å²) in [5.74, 6) is 1.43. The molecule has 1 heterocycles. The third kappa shape index (κ3) is 4.12. The molecule has 0 spiro atoms. The highest BCUT2D eigenvalue weighted by Gasteiger charge is 2.10. The number of ether oxygens (including phenoxy) is 3. The van der Waals surface area contributed by atoms with Crippen LogP contribution < -0.4 is 9.47 Å². The number of carbonyl (C=O) groups excluding carboxylic acids is 1. The van der Waals surface area contributed by atoms with Crippen molar-refractivity contribution in [1.82, 2.24) is 5.16 Å². The number of esters is 1. The maximum atomic E-state index is 11.8. The van der Waals surface area contributed by atoms with E-state index in [0.717, 1.165) is 16.8 Å². The molecular weight excluding hydrogens is 298 g/mol. The zero-order chi connectivity index (χ0) is 16.8. The molecule has 23 heavy (non-hydrogen) atoms. The first kappa shape index (κ1) is 16.6. The summed E-state index contributed by atoms with van der Waals surface area (Å²) in [7, 11) is 3.13. The average molecular weight is 317 g/mol. The molecule has 0 radical (unpaired) electrons. The van der Waals surface area contributed by atoms with Gasteiger partial charge in [0.1, 0.15) is 12.4 Å². The Morgan fingerprint density at radius 1 is 1.22 bits per heavy atom. The molecule has 0 aliphatic rings. The van der Waals surface area contributed by atoms with Gasteiger partial charge in [0.05, 0.1) is 25.5 Å². The van der Waals surface area contributed by atoms with Crippen molar-refractivity contribution in [2.45, 2.75) is 20.5 Å². The molecule has 2 rings (SSSR count). The number of carbonyl (C=O) groups is 1. The quantitative estimate of drug-likeness (QED) is 0.602. The second-order valence-electron chi connectivity index (χ2n) is 4.86. The summed E-state index contributed by atoms with van der Waals surface area (Å²) >= 11 is 0. The molecule has 0 aliphatic carbocycles. The lowest BCUT2D eigenvalue weighted by atomic mass is 10.2. The highest BCUT2D eigenvalue weighted by atomic mass is 16.5. The van der Waals surface area contributed by atoms with E-state index in [9.17, 15) is 4.79 Å². The summed E-state index contributed by atoms with van der Waals surface area (Å²) in [6.45, 7) is 3.72. The number of aryl methyl sites for hydroxylation is 2. The molecule has 0 amide bonds. The first-order chi connectivity index (χ1) is 11.0. The van der Waals surface area contributed by atoms with Gasteiger partial charge in [0.2, 0.25) is 0 Å². The van der Waals surface area contributed by atoms with Crippen LogP contribution in [0.2, 0.25) is 0 Å². The molecule has 0 atom stereocenters. The lowest BCUT2D eigenvalue weighted by Gasteiger charge is -2.07. The van der Waals surface area contributed by atoms with E-state index in [4.69, 9.17) is 18.7 Å². The lowest BCUT2D eigenvalue weighted by Crippen LogP contribution is -2.02. The lowest BCUT2D eigenvalue weighted by molar-refractivity contribution is -0.138. The fourth-order valence-corrected chi connectivity index (χ4v) is 2.02. The van der Waals surface area contributed by atoms with Crippen LogP contribution >= 0.6 is 0 Å². The monoisotopic (exact) mass is 317 g/mol. The van der Waals surface area contributed by atoms with Gasteiger partial charge in [0, 0.05) is 6.08 Å². The Hall–Kier alpha value is -2.76. The topological polar surface area (TPSA) is 70.8 Å². The summed E-state index contributed by atoms with van der Waals surface area (Å²) < 4.78 is 20.6. The van der Waals surface area contributed by atoms with Crippen molar-refractivity contribution in [2.24, 2.45) is 0 Å². The molecule has 0 saturated heterocycles. The second kappa shape index (κ2) is 7.49. The Bertz CT molecular complexity index is 698. The predicted octanol–water partition coefficient (Wildman–Crippen LogP) is 3.07. The van der Waals surface area contributed by atoms with Gasteiger partial charge in [-0.2, -0.15) is 0 Å². The fourth-order valence-electron chi connectivity index (χ4n) is 2.02. The van der Waals surface area contributed by atoms with Crippen LogP contribution in [0.25, 0.3) is 6.08 Å². The first-order valence-corrected chi connectivity index (χ1v) is 7.03. The van der Waals surface area contributed by atoms with Gasteiger partial charge >= 0.3 is 5.97 Å². The molecule has 1 aromatic carbocycles. The molecule has 122 valence electrons. The van der Waals surface area contributed by atoms with Gasteiger partial charge in [-0.1, -0.05) is 11.2 Å². The Morgan fingerprint density at radius 2 is 1.96 bits per heavy atom. The van der Waals surface area contributed by atoms with Crippen LogP contribution in [-0.4, -0.2) is 25.3 Å². The number of nitrogens with zero attached hydrogens (tertiary/aromatic N) is 1. The number of methoxy groups -OCH3 is 2. The highest BCUT2D eigenvalue weighted by molar-refractivity contribution is 5.87. The predicted molar refractivity (Wildman–Crippen MR) is 84.4 cm³/mol. The van der Waals surface area contributed by atoms with Crippen LogP contribution in [0.5, 0.6) is 11.5 Å². The SMILES string of the molecule is COc1ccc(/C=C/C(=O)OCc2c(C)noc2C)cc1OC. The smallest absolute Gasteiger partial charge is 0.331 e. The summed E-state index contributed by atoms with van der Waals surface area (Å²) in [6.07, 6.45) is 3.01. The molecule has 0 N–H and O–H groups in total. The van der Waals surface area contributed by atoms with Gasteiger partial charge in [0.25, 0.3) is 0 Å². The van der Waals surface area contributed by atoms with Gasteiger partial charge in [-0.3, -0.25) is 0 Å². The Labute approximate surface area is 134 Å². The van der Waals surface area contributed by atoms with E-state index in [1.165, 1.54) is 6.08 Å². The largest absolute Gasteiger partial charge is 0.493 e. The molecule has 0 aliphatic heterocycles. The minimum Gasteiger partial charge on any atom is -0.493 e. The minimum atomic E-state index is -0.445. The van der Waals surface area contributed by atoms with E-state index in [2.05, 4.69) is 5.16 Å². The van der Waals surface area contributed by atoms with Crippen molar-refractivity contribution in [3.63, 3.8) is 0 Å². The Morgan fingerprint density at radius 3 is 2.57 bits per heavy atom. The van der Waals surface area contributed by atoms with E-state index in [-0.39, 0.29) is 6.61 Å². The Balaban J connectivity index is 1.98. The van der Waals surface area contributed by atoms with Gasteiger partial charge < -0.3 is 18.7 Å². The van der Waals surface area contributed by atoms with Crippen LogP contribution in [0, 0.1) is 13.8 Å². The molecular formula is C17H19NO5. The van der Waals surface area contributed by atoms with Crippen molar-refractivity contribution in [3.05, 3.63) is 46.9 Å². The molecule has 0 bridgehead atoms. The first-order valence-electron chi connectivity index (χ1n) is 7.03. The number of hydrogen-bond donors (Lipinski definition) is 0. The average Bonchev–Trinajstić information content (AvgIpc) is 2.89. The van der Waals surface area contributed by atoms with Gasteiger partial charge in [-0.05, 0) is 37.6 Å². The van der Waals surface area contributed by atoms with Gasteiger partial charge in [0.15, 0.2) is 11.5 Å². The van der Waals surface area contributed by atoms with Crippen molar-refractivity contribution in [1.29, 1.82) is 0 Å². The van der Waals surface area contributed by atoms with Crippen molar-refractivity contribution in [2.75, 3.05) is 14.2 Å². The van der Waals surface area contributed by atoms with Crippen LogP contribution in [0.15, 0.2) is 28.8 Å². The molecule has 0 fully saturated rings. The van der Waals surface area contributed by atoms with E-state index < -0.39 is 5.97 Å². The summed E-state index contributed by atoms with van der Waals surface area (Å²) in [5, 5.41) is 3.81. The molecule has 6 heteroatoms. The van der Waals surface area contributed by atoms with Crippen LogP contribution in [-0.2, 0) is 16.1 Å². The molecule has 1 aromatic heterocycles. The van der Waals surface area contributed by atoms with Gasteiger partial charge in [-0.25, -0.2) is 4.79 Å². The minimum absolute atomic E-state index is 0.135. The third-order valence-corrected chi connectivity index (χ3v) is 3.36. The van der Waals surface area contributed by atoms with Gasteiger partial charge in [-0.15, -0.1) is 0 Å². The fraction of sp³-hybridized carbons (Fsp3) is 0.294. The van der Waals surface area contributed by atoms with E-state index in [0.29, 0.717) is 17.3 Å². The van der Waals surface area contributed by atoms with Crippen molar-refractivity contribution in [3.8, 4) is 11.5 Å². The number of aromatic nitrogens is 1. The molecule has 6 nitrogen and oxygen atoms in total. The van der Waals surface area contributed by atoms with E-state index in [1.807, 2.05) is 6.07 Å². The Kier molecular flexibility index (Phi) is 5.41. The molecule has 0 saturated carbocycles. The summed E-state index contributed by atoms with van der Waals surface area (Å²) in [4.78, 5) is 11.8. The summed E-state index contributed by atoms with van der Waals surface area (Å²) in [6, 6.07) is 5.37. The van der Waals surface area contributed by atoms with Crippen molar-refractivity contribution < 1.29 is 23.5 Å². The van der Waals surface area contributed by atoms with Crippen LogP contribution in [0.4, 0.5) is 0 Å². The molecule has 0 unspecified atom stereocenters. The number of rotatable bonds is 6. The van der Waals surface area contributed by atoms with E-state index in [1.54, 1.807) is 46.3 Å². The normalized spacial score (nSPS) is 10.8. The van der Waals surface area contributed by atoms with Crippen molar-refractivity contribution >= 4 is 12.0 Å². The zero-order valence-corrected chi connectivity index (χ0v) is 13.6. The maximum Gasteiger partial charge on any atom is 0.331 e. The van der Waals surface area contributed by atoms with Crippen LogP contribution in [0.1, 0.15) is 22.6 Å². The maximum absolute atomic E-state index is 11.8. The zero-order valence-electron chi connectivity index (χ0n) is 13.6. The second-order valence-corrected chi connectivity index (χ2v) is 4.86. The van der Waals surface area contributed by atoms with E-state index >= 15 is 0 Å². The van der Waals surface area contributed by atoms with Crippen LogP contribution in [0.3, 0.4) is 0 Å².